The normalized spacial score (nSPS) is 10.4. The molecule has 22 heavy (non-hydrogen) atoms. The van der Waals surface area contributed by atoms with Crippen molar-refractivity contribution in [1.29, 1.82) is 0 Å². The standard InChI is InChI=1S/C18H16N2O2/c1-22-15-9-7-14(8-10-15)16-12-17(20-19-16)18(21)11-13-5-3-2-4-6-13/h2-10,12H,11H2,1H3,(H,19,20). The number of ether oxygens (including phenoxy) is 1. The summed E-state index contributed by atoms with van der Waals surface area (Å²) < 4.78 is 5.13. The van der Waals surface area contributed by atoms with Crippen LogP contribution < -0.4 is 4.74 Å². The van der Waals surface area contributed by atoms with Crippen molar-refractivity contribution in [3.05, 3.63) is 71.9 Å². The molecule has 1 N–H and O–H groups in total. The lowest BCUT2D eigenvalue weighted by Gasteiger charge is -2.00. The van der Waals surface area contributed by atoms with Gasteiger partial charge in [0.25, 0.3) is 0 Å². The fourth-order valence-electron chi connectivity index (χ4n) is 2.25. The van der Waals surface area contributed by atoms with Crippen LogP contribution >= 0.6 is 0 Å². The highest BCUT2D eigenvalue weighted by Crippen LogP contribution is 2.21. The third-order valence-electron chi connectivity index (χ3n) is 3.47. The van der Waals surface area contributed by atoms with Crippen LogP contribution in [0.4, 0.5) is 0 Å². The highest BCUT2D eigenvalue weighted by molar-refractivity contribution is 5.96. The van der Waals surface area contributed by atoms with Gasteiger partial charge in [0.15, 0.2) is 5.78 Å². The first-order valence-electron chi connectivity index (χ1n) is 7.03. The van der Waals surface area contributed by atoms with E-state index in [9.17, 15) is 4.79 Å². The van der Waals surface area contributed by atoms with Gasteiger partial charge in [0.1, 0.15) is 11.4 Å². The topological polar surface area (TPSA) is 55.0 Å². The smallest absolute Gasteiger partial charge is 0.184 e. The molecule has 110 valence electrons. The summed E-state index contributed by atoms with van der Waals surface area (Å²) in [6, 6.07) is 19.0. The van der Waals surface area contributed by atoms with E-state index in [-0.39, 0.29) is 5.78 Å². The molecule has 4 nitrogen and oxygen atoms in total. The van der Waals surface area contributed by atoms with Crippen LogP contribution in [0.25, 0.3) is 11.3 Å². The molecule has 0 bridgehead atoms. The van der Waals surface area contributed by atoms with Crippen molar-refractivity contribution >= 4 is 5.78 Å². The van der Waals surface area contributed by atoms with Gasteiger partial charge in [0.05, 0.1) is 12.8 Å². The second-order valence-corrected chi connectivity index (χ2v) is 4.98. The van der Waals surface area contributed by atoms with E-state index in [1.807, 2.05) is 54.6 Å². The van der Waals surface area contributed by atoms with Gasteiger partial charge < -0.3 is 4.74 Å². The van der Waals surface area contributed by atoms with Gasteiger partial charge in [-0.2, -0.15) is 5.10 Å². The van der Waals surface area contributed by atoms with E-state index in [1.165, 1.54) is 0 Å². The molecular formula is C18H16N2O2. The Morgan fingerprint density at radius 2 is 1.82 bits per heavy atom. The third-order valence-corrected chi connectivity index (χ3v) is 3.47. The highest BCUT2D eigenvalue weighted by Gasteiger charge is 2.11. The summed E-state index contributed by atoms with van der Waals surface area (Å²) in [5, 5.41) is 7.04. The van der Waals surface area contributed by atoms with Crippen LogP contribution in [0.1, 0.15) is 16.1 Å². The number of carbonyl (C=O) groups excluding carboxylic acids is 1. The van der Waals surface area contributed by atoms with Gasteiger partial charge in [0, 0.05) is 12.0 Å². The Morgan fingerprint density at radius 3 is 2.50 bits per heavy atom. The van der Waals surface area contributed by atoms with E-state index >= 15 is 0 Å². The number of benzene rings is 2. The number of rotatable bonds is 5. The summed E-state index contributed by atoms with van der Waals surface area (Å²) in [6.07, 6.45) is 0.366. The lowest BCUT2D eigenvalue weighted by Crippen LogP contribution is -2.03. The lowest BCUT2D eigenvalue weighted by molar-refractivity contribution is 0.0988. The minimum absolute atomic E-state index is 0.0264. The minimum Gasteiger partial charge on any atom is -0.497 e. The Morgan fingerprint density at radius 1 is 1.09 bits per heavy atom. The fraction of sp³-hybridized carbons (Fsp3) is 0.111. The van der Waals surface area contributed by atoms with Gasteiger partial charge in [0.2, 0.25) is 0 Å². The van der Waals surface area contributed by atoms with Crippen LogP contribution in [-0.2, 0) is 6.42 Å². The maximum absolute atomic E-state index is 12.3. The van der Waals surface area contributed by atoms with Crippen molar-refractivity contribution < 1.29 is 9.53 Å². The SMILES string of the molecule is COc1ccc(-c2cc(C(=O)Cc3ccccc3)[nH]n2)cc1. The minimum atomic E-state index is 0.0264. The van der Waals surface area contributed by atoms with Gasteiger partial charge in [-0.1, -0.05) is 30.3 Å². The molecule has 0 radical (unpaired) electrons. The predicted octanol–water partition coefficient (Wildman–Crippen LogP) is 3.51. The molecular weight excluding hydrogens is 276 g/mol. The van der Waals surface area contributed by atoms with Crippen LogP contribution in [-0.4, -0.2) is 23.1 Å². The van der Waals surface area contributed by atoms with Crippen molar-refractivity contribution in [1.82, 2.24) is 10.2 Å². The summed E-state index contributed by atoms with van der Waals surface area (Å²) >= 11 is 0. The van der Waals surface area contributed by atoms with Gasteiger partial charge in [-0.3, -0.25) is 9.89 Å². The maximum Gasteiger partial charge on any atom is 0.184 e. The number of hydrogen-bond acceptors (Lipinski definition) is 3. The van der Waals surface area contributed by atoms with Gasteiger partial charge in [-0.05, 0) is 35.9 Å². The number of ketones is 1. The quantitative estimate of drug-likeness (QED) is 0.732. The Labute approximate surface area is 128 Å². The second kappa shape index (κ2) is 6.26. The molecule has 0 aliphatic heterocycles. The maximum atomic E-state index is 12.3. The first-order valence-corrected chi connectivity index (χ1v) is 7.03. The second-order valence-electron chi connectivity index (χ2n) is 4.98. The molecule has 0 atom stereocenters. The molecule has 3 aromatic rings. The number of H-pyrrole nitrogens is 1. The van der Waals surface area contributed by atoms with E-state index in [2.05, 4.69) is 10.2 Å². The van der Waals surface area contributed by atoms with E-state index < -0.39 is 0 Å². The van der Waals surface area contributed by atoms with Gasteiger partial charge in [-0.25, -0.2) is 0 Å². The predicted molar refractivity (Wildman–Crippen MR) is 85.1 cm³/mol. The summed E-state index contributed by atoms with van der Waals surface area (Å²) in [7, 11) is 1.63. The number of hydrogen-bond donors (Lipinski definition) is 1. The molecule has 0 saturated heterocycles. The molecule has 0 amide bonds. The zero-order chi connectivity index (χ0) is 15.4. The summed E-state index contributed by atoms with van der Waals surface area (Å²) in [4.78, 5) is 12.3. The molecule has 0 aliphatic rings. The van der Waals surface area contributed by atoms with Gasteiger partial charge in [-0.15, -0.1) is 0 Å². The molecule has 4 heteroatoms. The van der Waals surface area contributed by atoms with E-state index in [0.717, 1.165) is 22.6 Å². The molecule has 0 spiro atoms. The molecule has 0 saturated carbocycles. The number of aromatic nitrogens is 2. The van der Waals surface area contributed by atoms with Crippen molar-refractivity contribution in [2.45, 2.75) is 6.42 Å². The zero-order valence-corrected chi connectivity index (χ0v) is 12.2. The lowest BCUT2D eigenvalue weighted by atomic mass is 10.1. The first-order chi connectivity index (χ1) is 10.8. The number of methoxy groups -OCH3 is 1. The number of Topliss-reactive ketones (excluding diaryl/α,β-unsaturated/α-hetero) is 1. The zero-order valence-electron chi connectivity index (χ0n) is 12.2. The molecule has 1 aromatic heterocycles. The number of nitrogens with one attached hydrogen (secondary N) is 1. The van der Waals surface area contributed by atoms with E-state index in [4.69, 9.17) is 4.74 Å². The molecule has 2 aromatic carbocycles. The van der Waals surface area contributed by atoms with Crippen LogP contribution in [0.2, 0.25) is 0 Å². The average molecular weight is 292 g/mol. The summed E-state index contributed by atoms with van der Waals surface area (Å²) in [6.45, 7) is 0. The number of nitrogens with zero attached hydrogens (tertiary/aromatic N) is 1. The van der Waals surface area contributed by atoms with Crippen molar-refractivity contribution in [3.63, 3.8) is 0 Å². The number of carbonyl (C=O) groups is 1. The highest BCUT2D eigenvalue weighted by atomic mass is 16.5. The monoisotopic (exact) mass is 292 g/mol. The summed E-state index contributed by atoms with van der Waals surface area (Å²) in [5.41, 5.74) is 3.21. The number of aromatic amines is 1. The van der Waals surface area contributed by atoms with Gasteiger partial charge >= 0.3 is 0 Å². The largest absolute Gasteiger partial charge is 0.497 e. The molecule has 0 unspecified atom stereocenters. The first kappa shape index (κ1) is 14.1. The average Bonchev–Trinajstić information content (AvgIpc) is 3.06. The van der Waals surface area contributed by atoms with Crippen molar-refractivity contribution in [2.24, 2.45) is 0 Å². The van der Waals surface area contributed by atoms with Crippen LogP contribution in [0.5, 0.6) is 5.75 Å². The van der Waals surface area contributed by atoms with E-state index in [1.54, 1.807) is 13.2 Å². The van der Waals surface area contributed by atoms with Crippen LogP contribution in [0.3, 0.4) is 0 Å². The molecule has 0 aliphatic carbocycles. The Balaban J connectivity index is 1.76. The van der Waals surface area contributed by atoms with E-state index in [0.29, 0.717) is 12.1 Å². The Bertz CT molecular complexity index is 761. The molecule has 1 heterocycles. The Hall–Kier alpha value is -2.88. The molecule has 0 fully saturated rings. The van der Waals surface area contributed by atoms with Crippen molar-refractivity contribution in [3.8, 4) is 17.0 Å². The summed E-state index contributed by atoms with van der Waals surface area (Å²) in [5.74, 6) is 0.818. The fourth-order valence-corrected chi connectivity index (χ4v) is 2.25. The third kappa shape index (κ3) is 3.06. The van der Waals surface area contributed by atoms with Crippen LogP contribution in [0, 0.1) is 0 Å². The Kier molecular flexibility index (Phi) is 4.01. The van der Waals surface area contributed by atoms with Crippen LogP contribution in [0.15, 0.2) is 60.7 Å². The molecule has 3 rings (SSSR count). The van der Waals surface area contributed by atoms with Crippen molar-refractivity contribution in [2.75, 3.05) is 7.11 Å².